The molecule has 0 unspecified atom stereocenters. The summed E-state index contributed by atoms with van der Waals surface area (Å²) in [6.45, 7) is 0. The van der Waals surface area contributed by atoms with Gasteiger partial charge in [-0.15, -0.1) is 11.3 Å². The molecular formula is C16H8BrFN2S. The van der Waals surface area contributed by atoms with Gasteiger partial charge in [0.1, 0.15) is 10.8 Å². The minimum absolute atomic E-state index is 0.309. The zero-order chi connectivity index (χ0) is 14.8. The average molecular weight is 359 g/mol. The fourth-order valence-corrected chi connectivity index (χ4v) is 3.52. The maximum absolute atomic E-state index is 14.0. The molecule has 2 nitrogen and oxygen atoms in total. The molecule has 0 saturated carbocycles. The molecule has 0 saturated heterocycles. The van der Waals surface area contributed by atoms with Gasteiger partial charge in [-0.1, -0.05) is 18.2 Å². The monoisotopic (exact) mass is 358 g/mol. The van der Waals surface area contributed by atoms with E-state index < -0.39 is 0 Å². The second-order valence-electron chi connectivity index (χ2n) is 4.33. The molecule has 102 valence electrons. The van der Waals surface area contributed by atoms with Crippen LogP contribution in [0, 0.1) is 17.1 Å². The smallest absolute Gasteiger partial charge is 0.134 e. The zero-order valence-electron chi connectivity index (χ0n) is 10.7. The van der Waals surface area contributed by atoms with Gasteiger partial charge in [0.2, 0.25) is 0 Å². The van der Waals surface area contributed by atoms with Crippen LogP contribution < -0.4 is 0 Å². The molecule has 0 amide bonds. The summed E-state index contributed by atoms with van der Waals surface area (Å²) >= 11 is 4.73. The van der Waals surface area contributed by atoms with E-state index in [-0.39, 0.29) is 5.82 Å². The molecule has 0 bridgehead atoms. The van der Waals surface area contributed by atoms with Gasteiger partial charge in [-0.25, -0.2) is 9.37 Å². The Morgan fingerprint density at radius 3 is 2.76 bits per heavy atom. The number of nitrogens with zero attached hydrogens (tertiary/aromatic N) is 2. The maximum atomic E-state index is 14.0. The molecule has 1 heterocycles. The third-order valence-corrected chi connectivity index (χ3v) is 4.49. The van der Waals surface area contributed by atoms with E-state index in [1.165, 1.54) is 17.4 Å². The van der Waals surface area contributed by atoms with E-state index in [1.54, 1.807) is 24.3 Å². The van der Waals surface area contributed by atoms with Crippen LogP contribution >= 0.6 is 27.3 Å². The average Bonchev–Trinajstić information content (AvgIpc) is 2.97. The molecule has 0 aliphatic rings. The van der Waals surface area contributed by atoms with Crippen LogP contribution in [0.1, 0.15) is 5.56 Å². The third kappa shape index (κ3) is 2.73. The Labute approximate surface area is 133 Å². The van der Waals surface area contributed by atoms with Gasteiger partial charge in [0.15, 0.2) is 0 Å². The molecule has 21 heavy (non-hydrogen) atoms. The predicted octanol–water partition coefficient (Wildman–Crippen LogP) is 5.25. The highest BCUT2D eigenvalue weighted by Crippen LogP contribution is 2.35. The molecule has 0 aliphatic carbocycles. The number of aromatic nitrogens is 1. The summed E-state index contributed by atoms with van der Waals surface area (Å²) in [5.41, 5.74) is 2.63. The molecule has 1 aromatic heterocycles. The number of nitriles is 1. The second kappa shape index (κ2) is 5.76. The van der Waals surface area contributed by atoms with Crippen molar-refractivity contribution < 1.29 is 4.39 Å². The Balaban J connectivity index is 2.06. The van der Waals surface area contributed by atoms with Crippen molar-refractivity contribution in [2.24, 2.45) is 0 Å². The van der Waals surface area contributed by atoms with Gasteiger partial charge in [0.25, 0.3) is 0 Å². The summed E-state index contributed by atoms with van der Waals surface area (Å²) in [6, 6.07) is 14.2. The van der Waals surface area contributed by atoms with Crippen molar-refractivity contribution in [1.82, 2.24) is 4.98 Å². The van der Waals surface area contributed by atoms with Crippen molar-refractivity contribution in [3.8, 4) is 27.9 Å². The minimum Gasteiger partial charge on any atom is -0.236 e. The van der Waals surface area contributed by atoms with Crippen LogP contribution in [0.3, 0.4) is 0 Å². The number of thiazole rings is 1. The Morgan fingerprint density at radius 2 is 2.00 bits per heavy atom. The highest BCUT2D eigenvalue weighted by Gasteiger charge is 2.14. The first kappa shape index (κ1) is 13.9. The Bertz CT molecular complexity index is 831. The van der Waals surface area contributed by atoms with Gasteiger partial charge in [-0.05, 0) is 40.2 Å². The fourth-order valence-electron chi connectivity index (χ4n) is 1.97. The van der Waals surface area contributed by atoms with Crippen LogP contribution in [0.5, 0.6) is 0 Å². The lowest BCUT2D eigenvalue weighted by atomic mass is 10.1. The molecule has 0 aliphatic heterocycles. The van der Waals surface area contributed by atoms with Gasteiger partial charge in [0, 0.05) is 15.4 Å². The number of rotatable bonds is 2. The van der Waals surface area contributed by atoms with E-state index in [2.05, 4.69) is 27.0 Å². The lowest BCUT2D eigenvalue weighted by Gasteiger charge is -2.02. The Morgan fingerprint density at radius 1 is 1.19 bits per heavy atom. The zero-order valence-corrected chi connectivity index (χ0v) is 13.1. The summed E-state index contributed by atoms with van der Waals surface area (Å²) < 4.78 is 14.6. The largest absolute Gasteiger partial charge is 0.236 e. The Kier molecular flexibility index (Phi) is 3.82. The predicted molar refractivity (Wildman–Crippen MR) is 85.4 cm³/mol. The van der Waals surface area contributed by atoms with Gasteiger partial charge < -0.3 is 0 Å². The maximum Gasteiger partial charge on any atom is 0.134 e. The molecule has 3 aromatic rings. The quantitative estimate of drug-likeness (QED) is 0.627. The number of hydrogen-bond donors (Lipinski definition) is 0. The first-order chi connectivity index (χ1) is 10.2. The molecule has 0 spiro atoms. The number of halogens is 2. The van der Waals surface area contributed by atoms with Crippen molar-refractivity contribution in [3.63, 3.8) is 0 Å². The molecular weight excluding hydrogens is 351 g/mol. The highest BCUT2D eigenvalue weighted by atomic mass is 79.9. The van der Waals surface area contributed by atoms with Crippen molar-refractivity contribution in [3.05, 3.63) is 63.7 Å². The van der Waals surface area contributed by atoms with E-state index in [1.807, 2.05) is 17.5 Å². The lowest BCUT2D eigenvalue weighted by Crippen LogP contribution is -1.86. The van der Waals surface area contributed by atoms with E-state index in [0.29, 0.717) is 20.6 Å². The molecule has 3 rings (SSSR count). The number of hydrogen-bond acceptors (Lipinski definition) is 3. The third-order valence-electron chi connectivity index (χ3n) is 2.97. The summed E-state index contributed by atoms with van der Waals surface area (Å²) in [7, 11) is 0. The molecule has 2 aromatic carbocycles. The normalized spacial score (nSPS) is 10.3. The van der Waals surface area contributed by atoms with E-state index >= 15 is 0 Å². The minimum atomic E-state index is -0.309. The lowest BCUT2D eigenvalue weighted by molar-refractivity contribution is 0.630. The van der Waals surface area contributed by atoms with Crippen LogP contribution in [-0.4, -0.2) is 4.98 Å². The van der Waals surface area contributed by atoms with Gasteiger partial charge in [0.05, 0.1) is 22.9 Å². The van der Waals surface area contributed by atoms with Gasteiger partial charge in [-0.2, -0.15) is 5.26 Å². The molecule has 0 atom stereocenters. The SMILES string of the molecule is N#Cc1cccc(-c2csc(-c3c(F)cccc3Br)n2)c1. The van der Waals surface area contributed by atoms with Crippen molar-refractivity contribution in [2.45, 2.75) is 0 Å². The van der Waals surface area contributed by atoms with Crippen molar-refractivity contribution >= 4 is 27.3 Å². The van der Waals surface area contributed by atoms with E-state index in [4.69, 9.17) is 5.26 Å². The van der Waals surface area contributed by atoms with Crippen molar-refractivity contribution in [1.29, 1.82) is 5.26 Å². The van der Waals surface area contributed by atoms with Crippen LogP contribution in [0.25, 0.3) is 21.8 Å². The highest BCUT2D eigenvalue weighted by molar-refractivity contribution is 9.10. The summed E-state index contributed by atoms with van der Waals surface area (Å²) in [4.78, 5) is 4.49. The molecule has 0 N–H and O–H groups in total. The summed E-state index contributed by atoms with van der Waals surface area (Å²) in [6.07, 6.45) is 0. The molecule has 0 radical (unpaired) electrons. The van der Waals surface area contributed by atoms with Gasteiger partial charge >= 0.3 is 0 Å². The second-order valence-corrected chi connectivity index (χ2v) is 6.04. The fraction of sp³-hybridized carbons (Fsp3) is 0. The van der Waals surface area contributed by atoms with E-state index in [9.17, 15) is 4.39 Å². The molecule has 5 heteroatoms. The summed E-state index contributed by atoms with van der Waals surface area (Å²) in [5, 5.41) is 11.4. The first-order valence-corrected chi connectivity index (χ1v) is 7.77. The van der Waals surface area contributed by atoms with Crippen LogP contribution in [-0.2, 0) is 0 Å². The van der Waals surface area contributed by atoms with E-state index in [0.717, 1.165) is 11.3 Å². The van der Waals surface area contributed by atoms with Crippen LogP contribution in [0.15, 0.2) is 52.3 Å². The molecule has 0 fully saturated rings. The standard InChI is InChI=1S/C16H8BrFN2S/c17-12-5-2-6-13(18)15(12)16-20-14(9-21-16)11-4-1-3-10(7-11)8-19/h1-7,9H. The summed E-state index contributed by atoms with van der Waals surface area (Å²) in [5.74, 6) is -0.309. The van der Waals surface area contributed by atoms with Crippen LogP contribution in [0.4, 0.5) is 4.39 Å². The van der Waals surface area contributed by atoms with Gasteiger partial charge in [-0.3, -0.25) is 0 Å². The Hall–Kier alpha value is -2.03. The topological polar surface area (TPSA) is 36.7 Å². The first-order valence-electron chi connectivity index (χ1n) is 6.09. The number of benzene rings is 2. The van der Waals surface area contributed by atoms with Crippen LogP contribution in [0.2, 0.25) is 0 Å². The van der Waals surface area contributed by atoms with Crippen molar-refractivity contribution in [2.75, 3.05) is 0 Å².